The average Bonchev–Trinajstić information content (AvgIpc) is 2.62. The molecule has 2 aliphatic rings. The van der Waals surface area contributed by atoms with Crippen molar-refractivity contribution in [1.29, 1.82) is 0 Å². The van der Waals surface area contributed by atoms with E-state index in [1.807, 2.05) is 0 Å². The third-order valence-electron chi connectivity index (χ3n) is 4.50. The number of carbonyl (C=O) groups excluding carboxylic acids is 2. The summed E-state index contributed by atoms with van der Waals surface area (Å²) in [6.07, 6.45) is 3.33. The first-order valence-corrected chi connectivity index (χ1v) is 9.03. The maximum absolute atomic E-state index is 12.7. The van der Waals surface area contributed by atoms with Crippen molar-refractivity contribution < 1.29 is 14.3 Å². The van der Waals surface area contributed by atoms with Gasteiger partial charge in [-0.25, -0.2) is 4.99 Å². The molecule has 3 rings (SSSR count). The molecule has 2 heterocycles. The molecular formula is C18H22ClN3O3. The minimum absolute atomic E-state index is 0.221. The Balaban J connectivity index is 1.95. The van der Waals surface area contributed by atoms with Gasteiger partial charge in [0.1, 0.15) is 6.04 Å². The van der Waals surface area contributed by atoms with Crippen LogP contribution in [0.5, 0.6) is 0 Å². The number of rotatable bonds is 3. The first kappa shape index (κ1) is 17.7. The Morgan fingerprint density at radius 2 is 1.96 bits per heavy atom. The van der Waals surface area contributed by atoms with E-state index in [0.29, 0.717) is 11.0 Å². The quantitative estimate of drug-likeness (QED) is 0.661. The Morgan fingerprint density at radius 1 is 1.28 bits per heavy atom. The summed E-state index contributed by atoms with van der Waals surface area (Å²) < 4.78 is 5.10. The van der Waals surface area contributed by atoms with Crippen LogP contribution in [0.25, 0.3) is 0 Å². The summed E-state index contributed by atoms with van der Waals surface area (Å²) in [6.45, 7) is 3.66. The van der Waals surface area contributed by atoms with E-state index in [1.165, 1.54) is 6.42 Å². The molecule has 2 aliphatic heterocycles. The van der Waals surface area contributed by atoms with Crippen LogP contribution < -0.4 is 5.32 Å². The van der Waals surface area contributed by atoms with Crippen LogP contribution in [0.3, 0.4) is 0 Å². The van der Waals surface area contributed by atoms with Crippen LogP contribution in [0, 0.1) is 5.92 Å². The van der Waals surface area contributed by atoms with Gasteiger partial charge in [-0.3, -0.25) is 14.9 Å². The Labute approximate surface area is 152 Å². The molecule has 2 unspecified atom stereocenters. The zero-order chi connectivity index (χ0) is 17.8. The molecular weight excluding hydrogens is 342 g/mol. The Bertz CT molecular complexity index is 669. The van der Waals surface area contributed by atoms with E-state index in [4.69, 9.17) is 21.3 Å². The number of benzene rings is 1. The fourth-order valence-corrected chi connectivity index (χ4v) is 3.36. The van der Waals surface area contributed by atoms with Crippen LogP contribution in [-0.2, 0) is 14.3 Å². The third kappa shape index (κ3) is 3.95. The number of nitrogens with zero attached hydrogens (tertiary/aromatic N) is 2. The number of piperidine rings is 1. The fraction of sp³-hybridized carbons (Fsp3) is 0.500. The topological polar surface area (TPSA) is 71.0 Å². The van der Waals surface area contributed by atoms with Crippen molar-refractivity contribution in [3.8, 4) is 0 Å². The van der Waals surface area contributed by atoms with Gasteiger partial charge in [0.05, 0.1) is 6.61 Å². The maximum Gasteiger partial charge on any atom is 0.321 e. The molecule has 6 nitrogen and oxygen atoms in total. The summed E-state index contributed by atoms with van der Waals surface area (Å²) in [6, 6.07) is 6.47. The molecule has 1 aromatic carbocycles. The number of aliphatic imine (C=N–C) groups is 1. The first-order chi connectivity index (χ1) is 12.1. The van der Waals surface area contributed by atoms with Crippen molar-refractivity contribution >= 4 is 29.4 Å². The molecule has 25 heavy (non-hydrogen) atoms. The van der Waals surface area contributed by atoms with Crippen LogP contribution in [0.4, 0.5) is 0 Å². The third-order valence-corrected chi connectivity index (χ3v) is 4.75. The lowest BCUT2D eigenvalue weighted by molar-refractivity contribution is -0.153. The standard InChI is InChI=1S/C18H22ClN3O3/c1-2-25-17(24)14-15(12-6-8-13(19)9-7-12)20-18(21-16(14)23)22-10-4-3-5-11-22/h6-9,14-15H,2-5,10-11H2,1H3,(H,20,21,23). The monoisotopic (exact) mass is 363 g/mol. The molecule has 0 saturated carbocycles. The number of hydrogen-bond acceptors (Lipinski definition) is 5. The Morgan fingerprint density at radius 3 is 2.60 bits per heavy atom. The summed E-state index contributed by atoms with van der Waals surface area (Å²) in [5, 5.41) is 3.39. The van der Waals surface area contributed by atoms with Gasteiger partial charge in [0.2, 0.25) is 11.9 Å². The predicted molar refractivity (Wildman–Crippen MR) is 95.3 cm³/mol. The highest BCUT2D eigenvalue weighted by molar-refractivity contribution is 6.30. The molecule has 0 bridgehead atoms. The van der Waals surface area contributed by atoms with E-state index in [2.05, 4.69) is 10.2 Å². The molecule has 0 radical (unpaired) electrons. The number of hydrogen-bond donors (Lipinski definition) is 1. The van der Waals surface area contributed by atoms with Crippen LogP contribution in [0.1, 0.15) is 37.8 Å². The molecule has 0 aromatic heterocycles. The Hall–Kier alpha value is -2.08. The van der Waals surface area contributed by atoms with E-state index < -0.39 is 17.9 Å². The van der Waals surface area contributed by atoms with Crippen molar-refractivity contribution in [3.63, 3.8) is 0 Å². The number of nitrogens with one attached hydrogen (secondary N) is 1. The minimum Gasteiger partial charge on any atom is -0.465 e. The number of esters is 1. The van der Waals surface area contributed by atoms with Gasteiger partial charge in [-0.1, -0.05) is 23.7 Å². The van der Waals surface area contributed by atoms with E-state index >= 15 is 0 Å². The highest BCUT2D eigenvalue weighted by Gasteiger charge is 2.42. The fourth-order valence-electron chi connectivity index (χ4n) is 3.23. The number of ether oxygens (including phenoxy) is 1. The normalized spacial score (nSPS) is 23.7. The summed E-state index contributed by atoms with van der Waals surface area (Å²) in [4.78, 5) is 31.8. The van der Waals surface area contributed by atoms with Crippen molar-refractivity contribution in [1.82, 2.24) is 10.2 Å². The van der Waals surface area contributed by atoms with Gasteiger partial charge >= 0.3 is 5.97 Å². The largest absolute Gasteiger partial charge is 0.465 e. The SMILES string of the molecule is CCOC(=O)C1C(=O)NC(N2CCCCC2)=NC1c1ccc(Cl)cc1. The number of halogens is 1. The van der Waals surface area contributed by atoms with Crippen molar-refractivity contribution in [3.05, 3.63) is 34.9 Å². The Kier molecular flexibility index (Phi) is 5.58. The van der Waals surface area contributed by atoms with Crippen molar-refractivity contribution in [2.24, 2.45) is 10.9 Å². The zero-order valence-corrected chi connectivity index (χ0v) is 15.0. The number of likely N-dealkylation sites (tertiary alicyclic amines) is 1. The van der Waals surface area contributed by atoms with Gasteiger partial charge in [-0.15, -0.1) is 0 Å². The van der Waals surface area contributed by atoms with E-state index in [0.717, 1.165) is 31.5 Å². The lowest BCUT2D eigenvalue weighted by Crippen LogP contribution is -2.53. The van der Waals surface area contributed by atoms with E-state index in [-0.39, 0.29) is 12.5 Å². The molecule has 1 fully saturated rings. The summed E-state index contributed by atoms with van der Waals surface area (Å²) in [5.41, 5.74) is 0.770. The average molecular weight is 364 g/mol. The number of amides is 1. The van der Waals surface area contributed by atoms with Crippen molar-refractivity contribution in [2.75, 3.05) is 19.7 Å². The molecule has 0 spiro atoms. The van der Waals surface area contributed by atoms with Gasteiger partial charge in [-0.2, -0.15) is 0 Å². The molecule has 1 N–H and O–H groups in total. The molecule has 134 valence electrons. The lowest BCUT2D eigenvalue weighted by atomic mass is 9.91. The minimum atomic E-state index is -0.991. The van der Waals surface area contributed by atoms with Gasteiger partial charge in [-0.05, 0) is 43.9 Å². The molecule has 7 heteroatoms. The molecule has 1 amide bonds. The van der Waals surface area contributed by atoms with Crippen LogP contribution in [-0.4, -0.2) is 42.4 Å². The smallest absolute Gasteiger partial charge is 0.321 e. The van der Waals surface area contributed by atoms with Crippen molar-refractivity contribution in [2.45, 2.75) is 32.2 Å². The second-order valence-corrected chi connectivity index (χ2v) is 6.65. The lowest BCUT2D eigenvalue weighted by Gasteiger charge is -2.35. The van der Waals surface area contributed by atoms with E-state index in [1.54, 1.807) is 31.2 Å². The van der Waals surface area contributed by atoms with Gasteiger partial charge in [0.15, 0.2) is 5.92 Å². The molecule has 1 saturated heterocycles. The van der Waals surface area contributed by atoms with Gasteiger partial charge in [0, 0.05) is 18.1 Å². The first-order valence-electron chi connectivity index (χ1n) is 8.66. The number of guanidine groups is 1. The van der Waals surface area contributed by atoms with Gasteiger partial charge < -0.3 is 9.64 Å². The second kappa shape index (κ2) is 7.87. The van der Waals surface area contributed by atoms with Crippen LogP contribution >= 0.6 is 11.6 Å². The zero-order valence-electron chi connectivity index (χ0n) is 14.2. The van der Waals surface area contributed by atoms with Gasteiger partial charge in [0.25, 0.3) is 0 Å². The van der Waals surface area contributed by atoms with Crippen LogP contribution in [0.15, 0.2) is 29.3 Å². The highest BCUT2D eigenvalue weighted by Crippen LogP contribution is 2.31. The molecule has 0 aliphatic carbocycles. The molecule has 1 aromatic rings. The number of carbonyl (C=O) groups is 2. The van der Waals surface area contributed by atoms with Crippen LogP contribution in [0.2, 0.25) is 5.02 Å². The maximum atomic E-state index is 12.7. The second-order valence-electron chi connectivity index (χ2n) is 6.22. The summed E-state index contributed by atoms with van der Waals surface area (Å²) in [5.74, 6) is -1.37. The predicted octanol–water partition coefficient (Wildman–Crippen LogP) is 2.53. The summed E-state index contributed by atoms with van der Waals surface area (Å²) in [7, 11) is 0. The molecule has 2 atom stereocenters. The summed E-state index contributed by atoms with van der Waals surface area (Å²) >= 11 is 5.96. The highest BCUT2D eigenvalue weighted by atomic mass is 35.5. The van der Waals surface area contributed by atoms with E-state index in [9.17, 15) is 9.59 Å².